The Morgan fingerprint density at radius 3 is 1.81 bits per heavy atom. The van der Waals surface area contributed by atoms with Crippen molar-refractivity contribution < 1.29 is 0 Å². The van der Waals surface area contributed by atoms with Crippen molar-refractivity contribution in [3.8, 4) is 0 Å². The van der Waals surface area contributed by atoms with Crippen molar-refractivity contribution in [2.45, 2.75) is 13.5 Å². The Hall–Kier alpha value is -1.80. The first-order chi connectivity index (χ1) is 7.74. The van der Waals surface area contributed by atoms with Gasteiger partial charge in [0.25, 0.3) is 0 Å². The summed E-state index contributed by atoms with van der Waals surface area (Å²) < 4.78 is 0. The van der Waals surface area contributed by atoms with Crippen molar-refractivity contribution in [3.63, 3.8) is 0 Å². The van der Waals surface area contributed by atoms with Crippen molar-refractivity contribution in [2.75, 3.05) is 5.73 Å². The standard InChI is InChI=1S/2C7H9N/c1-6-4-2-3-5-7(6)8;8-6-7-4-2-1-3-5-7/h2-5H,8H2,1H3;1-5H,6,8H2. The van der Waals surface area contributed by atoms with Crippen molar-refractivity contribution in [1.29, 1.82) is 0 Å². The SMILES string of the molecule is Cc1ccccc1N.NCc1ccccc1. The van der Waals surface area contributed by atoms with Gasteiger partial charge in [-0.25, -0.2) is 0 Å². The number of benzene rings is 2. The van der Waals surface area contributed by atoms with Gasteiger partial charge in [-0.3, -0.25) is 0 Å². The zero-order valence-electron chi connectivity index (χ0n) is 9.56. The number of rotatable bonds is 1. The van der Waals surface area contributed by atoms with Gasteiger partial charge in [0.05, 0.1) is 0 Å². The molecule has 2 rings (SSSR count). The predicted octanol–water partition coefficient (Wildman–Crippen LogP) is 2.72. The van der Waals surface area contributed by atoms with Gasteiger partial charge in [0.15, 0.2) is 0 Å². The maximum atomic E-state index is 5.52. The van der Waals surface area contributed by atoms with E-state index in [-0.39, 0.29) is 0 Å². The highest BCUT2D eigenvalue weighted by atomic mass is 14.5. The number of para-hydroxylation sites is 1. The lowest BCUT2D eigenvalue weighted by molar-refractivity contribution is 1.07. The topological polar surface area (TPSA) is 52.0 Å². The summed E-state index contributed by atoms with van der Waals surface area (Å²) in [7, 11) is 0. The molecule has 2 aromatic carbocycles. The van der Waals surface area contributed by atoms with E-state index in [1.807, 2.05) is 61.5 Å². The molecule has 0 aliphatic heterocycles. The lowest BCUT2D eigenvalue weighted by atomic mass is 10.2. The highest BCUT2D eigenvalue weighted by Crippen LogP contribution is 2.06. The first-order valence-electron chi connectivity index (χ1n) is 5.29. The molecule has 2 heteroatoms. The summed E-state index contributed by atoms with van der Waals surface area (Å²) in [6.45, 7) is 2.64. The van der Waals surface area contributed by atoms with Crippen molar-refractivity contribution >= 4 is 5.69 Å². The first kappa shape index (κ1) is 12.3. The van der Waals surface area contributed by atoms with Crippen molar-refractivity contribution in [2.24, 2.45) is 5.73 Å². The summed E-state index contributed by atoms with van der Waals surface area (Å²) in [4.78, 5) is 0. The van der Waals surface area contributed by atoms with Crippen LogP contribution in [0.3, 0.4) is 0 Å². The maximum Gasteiger partial charge on any atom is 0.0343 e. The summed E-state index contributed by atoms with van der Waals surface area (Å²) in [5.41, 5.74) is 14.1. The molecule has 0 atom stereocenters. The zero-order chi connectivity index (χ0) is 11.8. The second-order valence-electron chi connectivity index (χ2n) is 3.55. The summed E-state index contributed by atoms with van der Waals surface area (Å²) in [5.74, 6) is 0. The van der Waals surface area contributed by atoms with Crippen LogP contribution in [0.25, 0.3) is 0 Å². The van der Waals surface area contributed by atoms with Crippen LogP contribution in [-0.4, -0.2) is 0 Å². The molecule has 2 aromatic rings. The minimum atomic E-state index is 0.640. The van der Waals surface area contributed by atoms with Crippen LogP contribution in [0.5, 0.6) is 0 Å². The molecule has 4 N–H and O–H groups in total. The van der Waals surface area contributed by atoms with E-state index < -0.39 is 0 Å². The molecule has 0 bridgehead atoms. The van der Waals surface area contributed by atoms with Gasteiger partial charge in [-0.1, -0.05) is 48.5 Å². The quantitative estimate of drug-likeness (QED) is 0.717. The Morgan fingerprint density at radius 1 is 0.875 bits per heavy atom. The molecule has 0 fully saturated rings. The normalized spacial score (nSPS) is 9.12. The van der Waals surface area contributed by atoms with Crippen LogP contribution in [0.15, 0.2) is 54.6 Å². The molecule has 0 aliphatic carbocycles. The van der Waals surface area contributed by atoms with Crippen LogP contribution >= 0.6 is 0 Å². The van der Waals surface area contributed by atoms with E-state index in [0.29, 0.717) is 6.54 Å². The molecule has 0 spiro atoms. The third kappa shape index (κ3) is 4.15. The number of hydrogen-bond acceptors (Lipinski definition) is 2. The van der Waals surface area contributed by atoms with Gasteiger partial charge in [0, 0.05) is 12.2 Å². The minimum absolute atomic E-state index is 0.640. The van der Waals surface area contributed by atoms with Crippen LogP contribution in [0.2, 0.25) is 0 Å². The van der Waals surface area contributed by atoms with Crippen LogP contribution in [-0.2, 0) is 6.54 Å². The highest BCUT2D eigenvalue weighted by Gasteiger charge is 1.84. The molecule has 2 nitrogen and oxygen atoms in total. The second kappa shape index (κ2) is 6.64. The molecular formula is C14H18N2. The predicted molar refractivity (Wildman–Crippen MR) is 69.9 cm³/mol. The number of aryl methyl sites for hydroxylation is 1. The molecule has 0 amide bonds. The van der Waals surface area contributed by atoms with Crippen molar-refractivity contribution in [1.82, 2.24) is 0 Å². The van der Waals surface area contributed by atoms with Gasteiger partial charge >= 0.3 is 0 Å². The van der Waals surface area contributed by atoms with E-state index in [1.165, 1.54) is 5.56 Å². The van der Waals surface area contributed by atoms with E-state index in [0.717, 1.165) is 11.3 Å². The molecule has 0 unspecified atom stereocenters. The number of nitrogens with two attached hydrogens (primary N) is 2. The molecule has 0 aromatic heterocycles. The van der Waals surface area contributed by atoms with Gasteiger partial charge in [0.1, 0.15) is 0 Å². The molecule has 0 radical (unpaired) electrons. The summed E-state index contributed by atoms with van der Waals surface area (Å²) in [5, 5.41) is 0. The molecule has 0 saturated carbocycles. The van der Waals surface area contributed by atoms with Crippen LogP contribution in [0, 0.1) is 6.92 Å². The van der Waals surface area contributed by atoms with Crippen LogP contribution in [0.1, 0.15) is 11.1 Å². The zero-order valence-corrected chi connectivity index (χ0v) is 9.56. The van der Waals surface area contributed by atoms with Crippen LogP contribution in [0.4, 0.5) is 5.69 Å². The van der Waals surface area contributed by atoms with Gasteiger partial charge < -0.3 is 11.5 Å². The maximum absolute atomic E-state index is 5.52. The number of anilines is 1. The van der Waals surface area contributed by atoms with Gasteiger partial charge in [-0.15, -0.1) is 0 Å². The number of nitrogen functional groups attached to an aromatic ring is 1. The molecule has 84 valence electrons. The average molecular weight is 214 g/mol. The number of hydrogen-bond donors (Lipinski definition) is 2. The molecule has 16 heavy (non-hydrogen) atoms. The Bertz CT molecular complexity index is 389. The fourth-order valence-electron chi connectivity index (χ4n) is 1.20. The Balaban J connectivity index is 0.000000160. The monoisotopic (exact) mass is 214 g/mol. The fourth-order valence-corrected chi connectivity index (χ4v) is 1.20. The Kier molecular flexibility index (Phi) is 5.09. The van der Waals surface area contributed by atoms with Crippen LogP contribution < -0.4 is 11.5 Å². The summed E-state index contributed by atoms with van der Waals surface area (Å²) in [6, 6.07) is 17.8. The van der Waals surface area contributed by atoms with E-state index in [4.69, 9.17) is 11.5 Å². The molecule has 0 heterocycles. The third-order valence-electron chi connectivity index (χ3n) is 2.27. The van der Waals surface area contributed by atoms with Gasteiger partial charge in [-0.2, -0.15) is 0 Å². The fraction of sp³-hybridized carbons (Fsp3) is 0.143. The van der Waals surface area contributed by atoms with E-state index in [9.17, 15) is 0 Å². The molecule has 0 aliphatic rings. The Morgan fingerprint density at radius 2 is 1.44 bits per heavy atom. The first-order valence-corrected chi connectivity index (χ1v) is 5.29. The highest BCUT2D eigenvalue weighted by molar-refractivity contribution is 5.44. The minimum Gasteiger partial charge on any atom is -0.399 e. The lowest BCUT2D eigenvalue weighted by Gasteiger charge is -1.93. The smallest absolute Gasteiger partial charge is 0.0343 e. The average Bonchev–Trinajstić information content (AvgIpc) is 2.35. The molecular weight excluding hydrogens is 196 g/mol. The lowest BCUT2D eigenvalue weighted by Crippen LogP contribution is -1.94. The third-order valence-corrected chi connectivity index (χ3v) is 2.27. The van der Waals surface area contributed by atoms with Crippen molar-refractivity contribution in [3.05, 3.63) is 65.7 Å². The van der Waals surface area contributed by atoms with Gasteiger partial charge in [-0.05, 0) is 24.1 Å². The molecule has 0 saturated heterocycles. The van der Waals surface area contributed by atoms with E-state index >= 15 is 0 Å². The largest absolute Gasteiger partial charge is 0.399 e. The van der Waals surface area contributed by atoms with E-state index in [1.54, 1.807) is 0 Å². The van der Waals surface area contributed by atoms with E-state index in [2.05, 4.69) is 0 Å². The second-order valence-corrected chi connectivity index (χ2v) is 3.55. The summed E-state index contributed by atoms with van der Waals surface area (Å²) >= 11 is 0. The summed E-state index contributed by atoms with van der Waals surface area (Å²) in [6.07, 6.45) is 0. The van der Waals surface area contributed by atoms with Gasteiger partial charge in [0.2, 0.25) is 0 Å². The Labute approximate surface area is 96.9 Å².